The molecule has 0 heterocycles. The van der Waals surface area contributed by atoms with E-state index in [1.54, 1.807) is 0 Å². The van der Waals surface area contributed by atoms with Crippen LogP contribution in [0.3, 0.4) is 0 Å². The van der Waals surface area contributed by atoms with Crippen LogP contribution in [0.4, 0.5) is 17.6 Å². The number of hydrogen-bond acceptors (Lipinski definition) is 0. The maximum Gasteiger partial charge on any atom is 0.127 e. The summed E-state index contributed by atoms with van der Waals surface area (Å²) in [5.41, 5.74) is 1.80. The molecule has 0 aromatic heterocycles. The van der Waals surface area contributed by atoms with Gasteiger partial charge >= 0.3 is 0 Å². The van der Waals surface area contributed by atoms with Crippen molar-refractivity contribution in [2.75, 3.05) is 0 Å². The van der Waals surface area contributed by atoms with Crippen LogP contribution in [-0.2, 0) is 0 Å². The molecule has 0 fully saturated rings. The van der Waals surface area contributed by atoms with Crippen LogP contribution in [0.25, 0.3) is 43.1 Å². The van der Waals surface area contributed by atoms with Crippen LogP contribution in [0, 0.1) is 47.0 Å². The summed E-state index contributed by atoms with van der Waals surface area (Å²) in [5, 5.41) is 7.14. The molecule has 0 saturated heterocycles. The topological polar surface area (TPSA) is 0 Å². The van der Waals surface area contributed by atoms with Gasteiger partial charge in [-0.2, -0.15) is 0 Å². The van der Waals surface area contributed by atoms with E-state index in [9.17, 15) is 17.6 Å². The Morgan fingerprint density at radius 3 is 0.905 bits per heavy atom. The average molecular weight is 551 g/mol. The van der Waals surface area contributed by atoms with Gasteiger partial charge in [-0.1, -0.05) is 72.2 Å². The van der Waals surface area contributed by atoms with E-state index < -0.39 is 23.3 Å². The average Bonchev–Trinajstić information content (AvgIpc) is 2.96. The van der Waals surface area contributed by atoms with Crippen molar-refractivity contribution in [1.29, 1.82) is 0 Å². The summed E-state index contributed by atoms with van der Waals surface area (Å²) in [7, 11) is 0. The lowest BCUT2D eigenvalue weighted by Gasteiger charge is -2.14. The maximum absolute atomic E-state index is 14.0. The molecule has 42 heavy (non-hydrogen) atoms. The van der Waals surface area contributed by atoms with Crippen LogP contribution in [0.15, 0.2) is 109 Å². The van der Waals surface area contributed by atoms with Crippen molar-refractivity contribution >= 4 is 43.1 Å². The number of halogens is 4. The molecule has 7 rings (SSSR count). The van der Waals surface area contributed by atoms with Gasteiger partial charge in [0.2, 0.25) is 0 Å². The summed E-state index contributed by atoms with van der Waals surface area (Å²) in [6.45, 7) is 0. The normalized spacial score (nSPS) is 11.0. The van der Waals surface area contributed by atoms with E-state index in [4.69, 9.17) is 0 Å². The van der Waals surface area contributed by atoms with Crippen molar-refractivity contribution < 1.29 is 17.6 Å². The molecule has 0 spiro atoms. The molecule has 0 aliphatic heterocycles. The van der Waals surface area contributed by atoms with Crippen LogP contribution in [-0.4, -0.2) is 0 Å². The van der Waals surface area contributed by atoms with E-state index in [0.717, 1.165) is 55.2 Å². The molecule has 0 atom stereocenters. The zero-order valence-electron chi connectivity index (χ0n) is 21.9. The van der Waals surface area contributed by atoms with Gasteiger partial charge in [-0.25, -0.2) is 17.6 Å². The fourth-order valence-corrected chi connectivity index (χ4v) is 5.39. The highest BCUT2D eigenvalue weighted by molar-refractivity contribution is 6.16. The number of rotatable bonds is 0. The lowest BCUT2D eigenvalue weighted by Crippen LogP contribution is -1.93. The van der Waals surface area contributed by atoms with Gasteiger partial charge in [0.05, 0.1) is 0 Å². The van der Waals surface area contributed by atoms with E-state index in [1.807, 2.05) is 72.8 Å². The molecule has 7 aromatic rings. The summed E-state index contributed by atoms with van der Waals surface area (Å²) in [6.07, 6.45) is 0. The van der Waals surface area contributed by atoms with E-state index in [0.29, 0.717) is 11.1 Å². The standard InChI is InChI=1S/C38H18F4/c39-29-13-23(14-30(40)21-29)9-11-33-35-17-25-5-1-2-6-26(25)18-36(35)34(12-10-24-15-31(41)22-32(42)16-24)38-20-28-8-4-3-7-27(28)19-37(33)38/h1-8,13-22H. The van der Waals surface area contributed by atoms with Crippen molar-refractivity contribution in [1.82, 2.24) is 0 Å². The van der Waals surface area contributed by atoms with E-state index in [-0.39, 0.29) is 11.1 Å². The Bertz CT molecular complexity index is 2060. The summed E-state index contributed by atoms with van der Waals surface area (Å²) in [4.78, 5) is 0. The minimum atomic E-state index is -0.703. The fourth-order valence-electron chi connectivity index (χ4n) is 5.39. The lowest BCUT2D eigenvalue weighted by molar-refractivity contribution is 0.582. The first-order chi connectivity index (χ1) is 20.4. The molecule has 0 radical (unpaired) electrons. The van der Waals surface area contributed by atoms with Gasteiger partial charge in [0.1, 0.15) is 23.3 Å². The SMILES string of the molecule is Fc1cc(F)cc(C#Cc2c3cc4ccccc4cc3c(C#Cc3cc(F)cc(F)c3)c3cc4ccccc4cc23)c1. The molecule has 0 aliphatic carbocycles. The molecular formula is C38H18F4. The van der Waals surface area contributed by atoms with Crippen LogP contribution in [0.2, 0.25) is 0 Å². The molecule has 7 aromatic carbocycles. The second kappa shape index (κ2) is 10.1. The highest BCUT2D eigenvalue weighted by atomic mass is 19.1. The molecule has 4 heteroatoms. The Hall–Kier alpha value is -5.58. The predicted molar refractivity (Wildman–Crippen MR) is 161 cm³/mol. The predicted octanol–water partition coefficient (Wildman–Crippen LogP) is 9.66. The van der Waals surface area contributed by atoms with E-state index in [2.05, 4.69) is 23.7 Å². The van der Waals surface area contributed by atoms with Gasteiger partial charge in [-0.3, -0.25) is 0 Å². The summed E-state index contributed by atoms with van der Waals surface area (Å²) in [5.74, 6) is 9.55. The molecule has 0 amide bonds. The quantitative estimate of drug-likeness (QED) is 0.100. The Kier molecular flexibility index (Phi) is 6.11. The van der Waals surface area contributed by atoms with Crippen molar-refractivity contribution in [3.8, 4) is 23.7 Å². The third-order valence-electron chi connectivity index (χ3n) is 7.24. The Balaban J connectivity index is 1.62. The van der Waals surface area contributed by atoms with Crippen LogP contribution in [0.5, 0.6) is 0 Å². The third kappa shape index (κ3) is 4.70. The molecule has 0 aliphatic rings. The maximum atomic E-state index is 14.0. The van der Waals surface area contributed by atoms with Gasteiger partial charge in [-0.15, -0.1) is 0 Å². The second-order valence-corrected chi connectivity index (χ2v) is 10.1. The van der Waals surface area contributed by atoms with E-state index >= 15 is 0 Å². The summed E-state index contributed by atoms with van der Waals surface area (Å²) < 4.78 is 55.9. The second-order valence-electron chi connectivity index (χ2n) is 10.1. The fraction of sp³-hybridized carbons (Fsp3) is 0. The number of fused-ring (bicyclic) bond motifs is 4. The molecule has 0 nitrogen and oxygen atoms in total. The Morgan fingerprint density at radius 2 is 0.619 bits per heavy atom. The number of benzene rings is 7. The zero-order chi connectivity index (χ0) is 28.8. The van der Waals surface area contributed by atoms with Crippen molar-refractivity contribution in [2.45, 2.75) is 0 Å². The first kappa shape index (κ1) is 25.4. The van der Waals surface area contributed by atoms with E-state index in [1.165, 1.54) is 24.3 Å². The molecule has 0 N–H and O–H groups in total. The molecule has 0 bridgehead atoms. The first-order valence-corrected chi connectivity index (χ1v) is 13.2. The van der Waals surface area contributed by atoms with Crippen molar-refractivity contribution in [2.24, 2.45) is 0 Å². The number of hydrogen-bond donors (Lipinski definition) is 0. The smallest absolute Gasteiger partial charge is 0.127 e. The van der Waals surface area contributed by atoms with Crippen molar-refractivity contribution in [3.05, 3.63) is 155 Å². The zero-order valence-corrected chi connectivity index (χ0v) is 21.9. The molecule has 0 unspecified atom stereocenters. The Labute approximate surface area is 238 Å². The lowest BCUT2D eigenvalue weighted by atomic mass is 9.88. The Morgan fingerprint density at radius 1 is 0.333 bits per heavy atom. The van der Waals surface area contributed by atoms with Gasteiger partial charge < -0.3 is 0 Å². The minimum absolute atomic E-state index is 0.215. The molecule has 0 saturated carbocycles. The van der Waals surface area contributed by atoms with Gasteiger partial charge in [0.15, 0.2) is 0 Å². The van der Waals surface area contributed by atoms with Gasteiger partial charge in [0, 0.05) is 34.4 Å². The van der Waals surface area contributed by atoms with Crippen LogP contribution in [0.1, 0.15) is 22.3 Å². The monoisotopic (exact) mass is 550 g/mol. The summed E-state index contributed by atoms with van der Waals surface area (Å²) in [6, 6.07) is 30.3. The van der Waals surface area contributed by atoms with Crippen LogP contribution < -0.4 is 0 Å². The minimum Gasteiger partial charge on any atom is -0.207 e. The highest BCUT2D eigenvalue weighted by Crippen LogP contribution is 2.37. The van der Waals surface area contributed by atoms with Gasteiger partial charge in [0.25, 0.3) is 0 Å². The third-order valence-corrected chi connectivity index (χ3v) is 7.24. The highest BCUT2D eigenvalue weighted by Gasteiger charge is 2.15. The summed E-state index contributed by atoms with van der Waals surface area (Å²) >= 11 is 0. The first-order valence-electron chi connectivity index (χ1n) is 13.2. The molecule has 198 valence electrons. The van der Waals surface area contributed by atoms with Gasteiger partial charge in [-0.05, 0) is 91.6 Å². The van der Waals surface area contributed by atoms with Crippen molar-refractivity contribution in [3.63, 3.8) is 0 Å². The van der Waals surface area contributed by atoms with Crippen LogP contribution >= 0.6 is 0 Å². The largest absolute Gasteiger partial charge is 0.207 e. The molecular weight excluding hydrogens is 532 g/mol.